The lowest BCUT2D eigenvalue weighted by atomic mass is 10.2. The van der Waals surface area contributed by atoms with Crippen molar-refractivity contribution in [2.24, 2.45) is 4.99 Å². The highest BCUT2D eigenvalue weighted by Gasteiger charge is 2.22. The number of amidine groups is 1. The summed E-state index contributed by atoms with van der Waals surface area (Å²) in [6.07, 6.45) is 1.67. The Morgan fingerprint density at radius 1 is 1.27 bits per heavy atom. The van der Waals surface area contributed by atoms with Gasteiger partial charge in [-0.05, 0) is 85.1 Å². The smallest absolute Gasteiger partial charge is 0.286 e. The van der Waals surface area contributed by atoms with Gasteiger partial charge in [-0.1, -0.05) is 0 Å². The molecule has 8 nitrogen and oxygen atoms in total. The lowest BCUT2D eigenvalue weighted by molar-refractivity contribution is -0.384. The van der Waals surface area contributed by atoms with Gasteiger partial charge in [0.15, 0.2) is 5.17 Å². The van der Waals surface area contributed by atoms with E-state index in [1.54, 1.807) is 30.3 Å². The number of nitro benzene ring substituents is 1. The summed E-state index contributed by atoms with van der Waals surface area (Å²) in [7, 11) is 0. The Hall–Kier alpha value is -2.50. The van der Waals surface area contributed by atoms with E-state index in [0.29, 0.717) is 19.6 Å². The number of nitro groups is 1. The summed E-state index contributed by atoms with van der Waals surface area (Å²) in [4.78, 5) is 37.6. The van der Waals surface area contributed by atoms with Crippen LogP contribution in [0.3, 0.4) is 0 Å². The normalized spacial score (nSPS) is 14.6. The minimum absolute atomic E-state index is 0.0171. The number of benzene rings is 2. The van der Waals surface area contributed by atoms with E-state index in [1.807, 2.05) is 0 Å². The van der Waals surface area contributed by atoms with Crippen LogP contribution in [0.5, 0.6) is 5.75 Å². The number of carbonyl (C=O) groups excluding carboxylic acids is 2. The van der Waals surface area contributed by atoms with Gasteiger partial charge in [0, 0.05) is 19.1 Å². The fraction of sp³-hybridized carbons (Fsp3) is 0.105. The van der Waals surface area contributed by atoms with E-state index in [9.17, 15) is 19.7 Å². The summed E-state index contributed by atoms with van der Waals surface area (Å²) in [5.41, 5.74) is 1.52. The molecule has 3 rings (SSSR count). The van der Waals surface area contributed by atoms with Crippen LogP contribution < -0.4 is 10.1 Å². The van der Waals surface area contributed by atoms with Crippen LogP contribution in [-0.4, -0.2) is 21.9 Å². The number of hydrogen-bond acceptors (Lipinski definition) is 6. The van der Waals surface area contributed by atoms with Crippen LogP contribution in [0.2, 0.25) is 0 Å². The van der Waals surface area contributed by atoms with Gasteiger partial charge in [-0.3, -0.25) is 19.7 Å². The highest BCUT2D eigenvalue weighted by atomic mass is 79.9. The lowest BCUT2D eigenvalue weighted by Gasteiger charge is -2.11. The summed E-state index contributed by atoms with van der Waals surface area (Å²) < 4.78 is 7.15. The SMILES string of the molecule is CC(=O)NC1=NC(=O)/C(=C\c2cc(Br)c(OCc3ccc([N+](=O)[O-])cc3)c(Br)c2)S1. The van der Waals surface area contributed by atoms with Crippen molar-refractivity contribution in [2.45, 2.75) is 13.5 Å². The predicted octanol–water partition coefficient (Wildman–Crippen LogP) is 4.81. The highest BCUT2D eigenvalue weighted by molar-refractivity contribution is 9.11. The molecule has 0 bridgehead atoms. The molecule has 0 aromatic heterocycles. The van der Waals surface area contributed by atoms with Crippen molar-refractivity contribution in [1.82, 2.24) is 5.32 Å². The molecule has 0 atom stereocenters. The number of thioether (sulfide) groups is 1. The number of halogens is 2. The molecule has 1 N–H and O–H groups in total. The summed E-state index contributed by atoms with van der Waals surface area (Å²) in [6, 6.07) is 9.68. The number of amides is 2. The Labute approximate surface area is 192 Å². The fourth-order valence-corrected chi connectivity index (χ4v) is 4.75. The Kier molecular flexibility index (Phi) is 7.06. The molecule has 1 heterocycles. The topological polar surface area (TPSA) is 111 Å². The van der Waals surface area contributed by atoms with Crippen molar-refractivity contribution in [1.29, 1.82) is 0 Å². The first kappa shape index (κ1) is 22.2. The average molecular weight is 555 g/mol. The van der Waals surface area contributed by atoms with Gasteiger partial charge in [0.05, 0.1) is 18.8 Å². The highest BCUT2D eigenvalue weighted by Crippen LogP contribution is 2.37. The Morgan fingerprint density at radius 3 is 2.47 bits per heavy atom. The zero-order valence-electron chi connectivity index (χ0n) is 15.3. The largest absolute Gasteiger partial charge is 0.487 e. The summed E-state index contributed by atoms with van der Waals surface area (Å²) in [5, 5.41) is 13.5. The molecule has 1 aliphatic heterocycles. The Balaban J connectivity index is 1.72. The molecule has 0 saturated carbocycles. The second-order valence-corrected chi connectivity index (χ2v) is 8.78. The van der Waals surface area contributed by atoms with Crippen LogP contribution >= 0.6 is 43.6 Å². The molecule has 154 valence electrons. The molecule has 0 saturated heterocycles. The van der Waals surface area contributed by atoms with Crippen molar-refractivity contribution >= 4 is 72.4 Å². The molecular formula is C19H13Br2N3O5S. The molecule has 2 amide bonds. The third-order valence-corrected chi connectivity index (χ3v) is 5.83. The molecule has 0 spiro atoms. The van der Waals surface area contributed by atoms with Crippen LogP contribution in [-0.2, 0) is 16.2 Å². The van der Waals surface area contributed by atoms with Gasteiger partial charge < -0.3 is 10.1 Å². The number of hydrogen-bond donors (Lipinski definition) is 1. The summed E-state index contributed by atoms with van der Waals surface area (Å²) >= 11 is 8.01. The Bertz CT molecular complexity index is 1080. The molecular weight excluding hydrogens is 542 g/mol. The number of ether oxygens (including phenoxy) is 1. The van der Waals surface area contributed by atoms with E-state index in [0.717, 1.165) is 22.9 Å². The standard InChI is InChI=1S/C19H13Br2N3O5S/c1-10(25)22-19-23-18(26)16(30-19)8-12-6-14(20)17(15(21)7-12)29-9-11-2-4-13(5-3-11)24(27)28/h2-8H,9H2,1H3,(H,22,23,25,26)/b16-8+. The molecule has 0 unspecified atom stereocenters. The van der Waals surface area contributed by atoms with E-state index >= 15 is 0 Å². The Morgan fingerprint density at radius 2 is 1.90 bits per heavy atom. The molecule has 30 heavy (non-hydrogen) atoms. The molecule has 0 fully saturated rings. The molecule has 11 heteroatoms. The van der Waals surface area contributed by atoms with Gasteiger partial charge in [0.1, 0.15) is 12.4 Å². The lowest BCUT2D eigenvalue weighted by Crippen LogP contribution is -2.23. The quantitative estimate of drug-likeness (QED) is 0.323. The maximum Gasteiger partial charge on any atom is 0.286 e. The van der Waals surface area contributed by atoms with Gasteiger partial charge >= 0.3 is 0 Å². The van der Waals surface area contributed by atoms with Crippen molar-refractivity contribution in [3.63, 3.8) is 0 Å². The number of rotatable bonds is 5. The van der Waals surface area contributed by atoms with E-state index < -0.39 is 10.8 Å². The number of aliphatic imine (C=N–C) groups is 1. The summed E-state index contributed by atoms with van der Waals surface area (Å²) in [6.45, 7) is 1.57. The third-order valence-electron chi connectivity index (χ3n) is 3.75. The van der Waals surface area contributed by atoms with Crippen molar-refractivity contribution in [3.05, 3.63) is 71.5 Å². The molecule has 0 aliphatic carbocycles. The maximum absolute atomic E-state index is 12.0. The molecule has 2 aromatic carbocycles. The zero-order chi connectivity index (χ0) is 21.8. The van der Waals surface area contributed by atoms with Gasteiger partial charge in [-0.15, -0.1) is 0 Å². The van der Waals surface area contributed by atoms with Gasteiger partial charge in [0.25, 0.3) is 11.6 Å². The molecule has 2 aromatic rings. The maximum atomic E-state index is 12.0. The van der Waals surface area contributed by atoms with E-state index in [1.165, 1.54) is 19.1 Å². The van der Waals surface area contributed by atoms with E-state index in [4.69, 9.17) is 4.74 Å². The average Bonchev–Trinajstić information content (AvgIpc) is 2.99. The fourth-order valence-electron chi connectivity index (χ4n) is 2.43. The van der Waals surface area contributed by atoms with Gasteiger partial charge in [0.2, 0.25) is 5.91 Å². The molecule has 0 radical (unpaired) electrons. The first-order chi connectivity index (χ1) is 14.2. The van der Waals surface area contributed by atoms with Crippen LogP contribution in [0, 0.1) is 10.1 Å². The first-order valence-electron chi connectivity index (χ1n) is 8.38. The third kappa shape index (κ3) is 5.55. The van der Waals surface area contributed by atoms with E-state index in [-0.39, 0.29) is 23.4 Å². The van der Waals surface area contributed by atoms with Crippen molar-refractivity contribution < 1.29 is 19.2 Å². The zero-order valence-corrected chi connectivity index (χ0v) is 19.3. The van der Waals surface area contributed by atoms with E-state index in [2.05, 4.69) is 42.2 Å². The second-order valence-electron chi connectivity index (χ2n) is 6.04. The number of non-ortho nitro benzene ring substituents is 1. The first-order valence-corrected chi connectivity index (χ1v) is 10.8. The van der Waals surface area contributed by atoms with Gasteiger partial charge in [-0.25, -0.2) is 0 Å². The number of nitrogens with one attached hydrogen (secondary N) is 1. The van der Waals surface area contributed by atoms with Crippen LogP contribution in [0.25, 0.3) is 6.08 Å². The minimum atomic E-state index is -0.456. The van der Waals surface area contributed by atoms with Crippen LogP contribution in [0.1, 0.15) is 18.1 Å². The second kappa shape index (κ2) is 9.54. The number of nitrogens with zero attached hydrogens (tertiary/aromatic N) is 2. The van der Waals surface area contributed by atoms with Crippen LogP contribution in [0.15, 0.2) is 55.2 Å². The van der Waals surface area contributed by atoms with Crippen molar-refractivity contribution in [2.75, 3.05) is 0 Å². The van der Waals surface area contributed by atoms with Crippen LogP contribution in [0.4, 0.5) is 5.69 Å². The number of carbonyl (C=O) groups is 2. The summed E-state index contributed by atoms with van der Waals surface area (Å²) in [5.74, 6) is -0.166. The predicted molar refractivity (Wildman–Crippen MR) is 121 cm³/mol. The molecule has 1 aliphatic rings. The monoisotopic (exact) mass is 553 g/mol. The minimum Gasteiger partial charge on any atom is -0.487 e. The van der Waals surface area contributed by atoms with Gasteiger partial charge in [-0.2, -0.15) is 4.99 Å². The van der Waals surface area contributed by atoms with Crippen molar-refractivity contribution in [3.8, 4) is 5.75 Å².